The van der Waals surface area contributed by atoms with E-state index in [4.69, 9.17) is 21.1 Å². The van der Waals surface area contributed by atoms with E-state index >= 15 is 0 Å². The van der Waals surface area contributed by atoms with Gasteiger partial charge in [0.25, 0.3) is 11.8 Å². The number of methoxy groups -OCH3 is 1. The van der Waals surface area contributed by atoms with E-state index in [0.717, 1.165) is 0 Å². The maximum Gasteiger partial charge on any atom is 0.257 e. The highest BCUT2D eigenvalue weighted by Gasteiger charge is 2.14. The minimum Gasteiger partial charge on any atom is -0.494 e. The van der Waals surface area contributed by atoms with Gasteiger partial charge in [0.2, 0.25) is 0 Å². The van der Waals surface area contributed by atoms with E-state index < -0.39 is 0 Å². The maximum absolute atomic E-state index is 12.6. The van der Waals surface area contributed by atoms with E-state index in [1.165, 1.54) is 7.11 Å². The van der Waals surface area contributed by atoms with Gasteiger partial charge in [-0.3, -0.25) is 9.59 Å². The van der Waals surface area contributed by atoms with Gasteiger partial charge in [-0.05, 0) is 62.4 Å². The zero-order valence-electron chi connectivity index (χ0n) is 17.4. The molecule has 0 aromatic heterocycles. The summed E-state index contributed by atoms with van der Waals surface area (Å²) in [6.07, 6.45) is 0.0593. The van der Waals surface area contributed by atoms with Gasteiger partial charge in [0, 0.05) is 17.3 Å². The second-order valence-electron chi connectivity index (χ2n) is 6.99. The molecular formula is C24H23ClN2O4. The highest BCUT2D eigenvalue weighted by atomic mass is 35.5. The van der Waals surface area contributed by atoms with Crippen LogP contribution in [0.4, 0.5) is 11.4 Å². The molecule has 160 valence electrons. The molecule has 2 N–H and O–H groups in total. The quantitative estimate of drug-likeness (QED) is 0.500. The number of hydrogen-bond acceptors (Lipinski definition) is 4. The SMILES string of the molecule is COc1cc(NC(=O)c2ccc(OC(C)C)cc2)ccc1NC(=O)c1ccccc1Cl. The monoisotopic (exact) mass is 438 g/mol. The Labute approximate surface area is 186 Å². The Morgan fingerprint density at radius 3 is 2.26 bits per heavy atom. The van der Waals surface area contributed by atoms with Crippen molar-refractivity contribution in [2.24, 2.45) is 0 Å². The molecule has 0 unspecified atom stereocenters. The molecule has 3 rings (SSSR count). The molecule has 0 fully saturated rings. The molecule has 3 aromatic rings. The van der Waals surface area contributed by atoms with Crippen LogP contribution in [0.1, 0.15) is 34.6 Å². The van der Waals surface area contributed by atoms with Crippen LogP contribution in [-0.2, 0) is 0 Å². The topological polar surface area (TPSA) is 76.7 Å². The molecule has 0 aliphatic carbocycles. The average molecular weight is 439 g/mol. The second-order valence-corrected chi connectivity index (χ2v) is 7.40. The number of benzene rings is 3. The zero-order valence-corrected chi connectivity index (χ0v) is 18.2. The van der Waals surface area contributed by atoms with Crippen molar-refractivity contribution in [1.29, 1.82) is 0 Å². The molecule has 0 atom stereocenters. The lowest BCUT2D eigenvalue weighted by Gasteiger charge is -2.13. The van der Waals surface area contributed by atoms with Crippen LogP contribution in [0, 0.1) is 0 Å². The molecule has 0 radical (unpaired) electrons. The number of nitrogens with one attached hydrogen (secondary N) is 2. The lowest BCUT2D eigenvalue weighted by molar-refractivity contribution is 0.101. The fraction of sp³-hybridized carbons (Fsp3) is 0.167. The van der Waals surface area contributed by atoms with E-state index in [0.29, 0.717) is 39.0 Å². The van der Waals surface area contributed by atoms with E-state index in [9.17, 15) is 9.59 Å². The normalized spacial score (nSPS) is 10.5. The molecule has 0 aliphatic heterocycles. The highest BCUT2D eigenvalue weighted by molar-refractivity contribution is 6.34. The molecule has 0 spiro atoms. The van der Waals surface area contributed by atoms with Crippen LogP contribution >= 0.6 is 11.6 Å². The number of rotatable bonds is 7. The van der Waals surface area contributed by atoms with Gasteiger partial charge in [-0.25, -0.2) is 0 Å². The van der Waals surface area contributed by atoms with Gasteiger partial charge in [-0.2, -0.15) is 0 Å². The lowest BCUT2D eigenvalue weighted by Crippen LogP contribution is -2.14. The molecular weight excluding hydrogens is 416 g/mol. The third kappa shape index (κ3) is 5.77. The molecule has 2 amide bonds. The van der Waals surface area contributed by atoms with Crippen molar-refractivity contribution in [1.82, 2.24) is 0 Å². The summed E-state index contributed by atoms with van der Waals surface area (Å²) in [5, 5.41) is 5.95. The first-order valence-electron chi connectivity index (χ1n) is 9.69. The van der Waals surface area contributed by atoms with Crippen molar-refractivity contribution < 1.29 is 19.1 Å². The summed E-state index contributed by atoms with van der Waals surface area (Å²) in [5.41, 5.74) is 1.83. The van der Waals surface area contributed by atoms with E-state index in [1.54, 1.807) is 66.7 Å². The molecule has 0 aliphatic rings. The Balaban J connectivity index is 1.71. The van der Waals surface area contributed by atoms with Gasteiger partial charge in [-0.15, -0.1) is 0 Å². The number of ether oxygens (including phenoxy) is 2. The Morgan fingerprint density at radius 1 is 0.903 bits per heavy atom. The van der Waals surface area contributed by atoms with E-state index in [-0.39, 0.29) is 17.9 Å². The number of amides is 2. The van der Waals surface area contributed by atoms with Crippen molar-refractivity contribution in [3.63, 3.8) is 0 Å². The van der Waals surface area contributed by atoms with Crippen LogP contribution in [0.3, 0.4) is 0 Å². The van der Waals surface area contributed by atoms with Crippen LogP contribution in [0.15, 0.2) is 66.7 Å². The van der Waals surface area contributed by atoms with Crippen molar-refractivity contribution in [2.75, 3.05) is 17.7 Å². The third-order valence-electron chi connectivity index (χ3n) is 4.31. The maximum atomic E-state index is 12.6. The summed E-state index contributed by atoms with van der Waals surface area (Å²) in [5.74, 6) is 0.473. The molecule has 7 heteroatoms. The smallest absolute Gasteiger partial charge is 0.257 e. The number of anilines is 2. The predicted octanol–water partition coefficient (Wildman–Crippen LogP) is 5.64. The van der Waals surface area contributed by atoms with Gasteiger partial charge < -0.3 is 20.1 Å². The molecule has 6 nitrogen and oxygen atoms in total. The van der Waals surface area contributed by atoms with Crippen molar-refractivity contribution >= 4 is 34.8 Å². The van der Waals surface area contributed by atoms with Gasteiger partial charge in [-0.1, -0.05) is 23.7 Å². The number of hydrogen-bond donors (Lipinski definition) is 2. The van der Waals surface area contributed by atoms with Crippen LogP contribution in [0.2, 0.25) is 5.02 Å². The predicted molar refractivity (Wildman–Crippen MR) is 123 cm³/mol. The van der Waals surface area contributed by atoms with Crippen LogP contribution < -0.4 is 20.1 Å². The first-order chi connectivity index (χ1) is 14.9. The number of halogens is 1. The lowest BCUT2D eigenvalue weighted by atomic mass is 10.1. The molecule has 0 saturated carbocycles. The third-order valence-corrected chi connectivity index (χ3v) is 4.64. The van der Waals surface area contributed by atoms with E-state index in [1.807, 2.05) is 13.8 Å². The van der Waals surface area contributed by atoms with Crippen LogP contribution in [0.5, 0.6) is 11.5 Å². The Morgan fingerprint density at radius 2 is 1.61 bits per heavy atom. The Hall–Kier alpha value is -3.51. The van der Waals surface area contributed by atoms with Gasteiger partial charge in [0.15, 0.2) is 0 Å². The minimum absolute atomic E-state index is 0.0593. The first kappa shape index (κ1) is 22.2. The fourth-order valence-corrected chi connectivity index (χ4v) is 3.09. The summed E-state index contributed by atoms with van der Waals surface area (Å²) in [6.45, 7) is 3.88. The summed E-state index contributed by atoms with van der Waals surface area (Å²) >= 11 is 6.09. The van der Waals surface area contributed by atoms with Gasteiger partial charge in [0.05, 0.1) is 29.5 Å². The van der Waals surface area contributed by atoms with Gasteiger partial charge in [0.1, 0.15) is 11.5 Å². The summed E-state index contributed by atoms with van der Waals surface area (Å²) in [7, 11) is 1.49. The van der Waals surface area contributed by atoms with Crippen LogP contribution in [0.25, 0.3) is 0 Å². The highest BCUT2D eigenvalue weighted by Crippen LogP contribution is 2.29. The summed E-state index contributed by atoms with van der Waals surface area (Å²) in [6, 6.07) is 18.6. The van der Waals surface area contributed by atoms with Crippen molar-refractivity contribution in [3.05, 3.63) is 82.9 Å². The fourth-order valence-electron chi connectivity index (χ4n) is 2.87. The molecule has 0 saturated heterocycles. The summed E-state index contributed by atoms with van der Waals surface area (Å²) in [4.78, 5) is 25.1. The van der Waals surface area contributed by atoms with Crippen LogP contribution in [-0.4, -0.2) is 25.0 Å². The number of carbonyl (C=O) groups excluding carboxylic acids is 2. The molecule has 0 heterocycles. The Bertz CT molecular complexity index is 1080. The standard InChI is InChI=1S/C24H23ClN2O4/c1-15(2)31-18-11-8-16(9-12-18)23(28)26-17-10-13-21(22(14-17)30-3)27-24(29)19-6-4-5-7-20(19)25/h4-15H,1-3H3,(H,26,28)(H,27,29). The summed E-state index contributed by atoms with van der Waals surface area (Å²) < 4.78 is 11.0. The number of carbonyl (C=O) groups is 2. The van der Waals surface area contributed by atoms with Crippen molar-refractivity contribution in [2.45, 2.75) is 20.0 Å². The second kappa shape index (κ2) is 10.00. The van der Waals surface area contributed by atoms with Gasteiger partial charge >= 0.3 is 0 Å². The zero-order chi connectivity index (χ0) is 22.4. The Kier molecular flexibility index (Phi) is 7.15. The largest absolute Gasteiger partial charge is 0.494 e. The van der Waals surface area contributed by atoms with Crippen molar-refractivity contribution in [3.8, 4) is 11.5 Å². The molecule has 3 aromatic carbocycles. The molecule has 0 bridgehead atoms. The van der Waals surface area contributed by atoms with E-state index in [2.05, 4.69) is 10.6 Å². The minimum atomic E-state index is -0.357. The average Bonchev–Trinajstić information content (AvgIpc) is 2.75. The first-order valence-corrected chi connectivity index (χ1v) is 10.1. The molecule has 31 heavy (non-hydrogen) atoms.